The molecule has 0 aliphatic carbocycles. The van der Waals surface area contributed by atoms with Gasteiger partial charge >= 0.3 is 0 Å². The maximum atomic E-state index is 12.5. The third-order valence-corrected chi connectivity index (χ3v) is 4.23. The molecule has 0 atom stereocenters. The monoisotopic (exact) mass is 346 g/mol. The summed E-state index contributed by atoms with van der Waals surface area (Å²) in [6, 6.07) is 7.40. The van der Waals surface area contributed by atoms with Gasteiger partial charge in [-0.25, -0.2) is 9.67 Å². The molecule has 0 fully saturated rings. The Kier molecular flexibility index (Phi) is 4.45. The van der Waals surface area contributed by atoms with Crippen LogP contribution < -0.4 is 5.32 Å². The van der Waals surface area contributed by atoms with E-state index in [-0.39, 0.29) is 11.8 Å². The molecule has 1 N–H and O–H groups in total. The smallest absolute Gasteiger partial charge is 0.260 e. The quantitative estimate of drug-likeness (QED) is 0.763. The van der Waals surface area contributed by atoms with E-state index in [0.717, 1.165) is 11.4 Å². The van der Waals surface area contributed by atoms with Gasteiger partial charge in [0.05, 0.1) is 23.1 Å². The Morgan fingerprint density at radius 3 is 2.87 bits per heavy atom. The molecule has 5 nitrogen and oxygen atoms in total. The van der Waals surface area contributed by atoms with Crippen LogP contribution in [0, 0.1) is 0 Å². The number of amides is 1. The van der Waals surface area contributed by atoms with Gasteiger partial charge in [0.15, 0.2) is 5.13 Å². The van der Waals surface area contributed by atoms with Gasteiger partial charge in [0, 0.05) is 16.6 Å². The lowest BCUT2D eigenvalue weighted by molar-refractivity contribution is 0.102. The summed E-state index contributed by atoms with van der Waals surface area (Å²) < 4.78 is 1.76. The average Bonchev–Trinajstić information content (AvgIpc) is 3.15. The average molecular weight is 347 g/mol. The summed E-state index contributed by atoms with van der Waals surface area (Å²) in [6.45, 7) is 4.05. The SMILES string of the molecule is CC(C)c1c(C(=O)Nc2nccs2)cnn1-c1cccc(Cl)c1. The first-order valence-electron chi connectivity index (χ1n) is 7.11. The molecule has 0 bridgehead atoms. The van der Waals surface area contributed by atoms with Crippen molar-refractivity contribution in [2.75, 3.05) is 5.32 Å². The van der Waals surface area contributed by atoms with Crippen LogP contribution in [0.5, 0.6) is 0 Å². The van der Waals surface area contributed by atoms with E-state index in [2.05, 4.69) is 15.4 Å². The van der Waals surface area contributed by atoms with Crippen LogP contribution in [0.25, 0.3) is 5.69 Å². The Bertz CT molecular complexity index is 826. The second kappa shape index (κ2) is 6.52. The van der Waals surface area contributed by atoms with Gasteiger partial charge in [-0.15, -0.1) is 11.3 Å². The number of rotatable bonds is 4. The minimum absolute atomic E-state index is 0.119. The fourth-order valence-electron chi connectivity index (χ4n) is 2.35. The number of aromatic nitrogens is 3. The number of halogens is 1. The molecule has 23 heavy (non-hydrogen) atoms. The molecule has 0 aliphatic heterocycles. The molecule has 3 rings (SSSR count). The van der Waals surface area contributed by atoms with Crippen molar-refractivity contribution < 1.29 is 4.79 Å². The molecular formula is C16H15ClN4OS. The largest absolute Gasteiger partial charge is 0.298 e. The molecule has 7 heteroatoms. The lowest BCUT2D eigenvalue weighted by Gasteiger charge is -2.12. The van der Waals surface area contributed by atoms with Gasteiger partial charge in [0.25, 0.3) is 5.91 Å². The van der Waals surface area contributed by atoms with Gasteiger partial charge in [-0.1, -0.05) is 31.5 Å². The molecule has 0 saturated carbocycles. The molecule has 118 valence electrons. The molecule has 1 amide bonds. The van der Waals surface area contributed by atoms with Gasteiger partial charge in [-0.3, -0.25) is 10.1 Å². The van der Waals surface area contributed by atoms with Crippen molar-refractivity contribution in [1.29, 1.82) is 0 Å². The lowest BCUT2D eigenvalue weighted by Crippen LogP contribution is -2.15. The molecular weight excluding hydrogens is 332 g/mol. The van der Waals surface area contributed by atoms with E-state index >= 15 is 0 Å². The zero-order valence-electron chi connectivity index (χ0n) is 12.7. The first-order valence-corrected chi connectivity index (χ1v) is 8.36. The highest BCUT2D eigenvalue weighted by Crippen LogP contribution is 2.25. The summed E-state index contributed by atoms with van der Waals surface area (Å²) in [5.41, 5.74) is 2.20. The molecule has 3 aromatic rings. The lowest BCUT2D eigenvalue weighted by atomic mass is 10.1. The van der Waals surface area contributed by atoms with Crippen LogP contribution in [-0.4, -0.2) is 20.7 Å². The van der Waals surface area contributed by atoms with Crippen molar-refractivity contribution in [1.82, 2.24) is 14.8 Å². The van der Waals surface area contributed by atoms with E-state index in [1.54, 1.807) is 23.1 Å². The second-order valence-electron chi connectivity index (χ2n) is 5.28. The maximum Gasteiger partial charge on any atom is 0.260 e. The summed E-state index contributed by atoms with van der Waals surface area (Å²) in [5.74, 6) is -0.0922. The first-order chi connectivity index (χ1) is 11.1. The van der Waals surface area contributed by atoms with E-state index in [9.17, 15) is 4.79 Å². The van der Waals surface area contributed by atoms with Crippen LogP contribution in [0.3, 0.4) is 0 Å². The van der Waals surface area contributed by atoms with Gasteiger partial charge < -0.3 is 0 Å². The molecule has 2 heterocycles. The van der Waals surface area contributed by atoms with Gasteiger partial charge in [0.1, 0.15) is 0 Å². The standard InChI is InChI=1S/C16H15ClN4OS/c1-10(2)14-13(15(22)20-16-18-6-7-23-16)9-19-21(14)12-5-3-4-11(17)8-12/h3-10H,1-2H3,(H,18,20,22). The maximum absolute atomic E-state index is 12.5. The molecule has 0 unspecified atom stereocenters. The Morgan fingerprint density at radius 1 is 1.39 bits per heavy atom. The highest BCUT2D eigenvalue weighted by Gasteiger charge is 2.21. The van der Waals surface area contributed by atoms with Crippen molar-refractivity contribution in [2.24, 2.45) is 0 Å². The summed E-state index contributed by atoms with van der Waals surface area (Å²) in [4.78, 5) is 16.6. The van der Waals surface area contributed by atoms with Gasteiger partial charge in [0.2, 0.25) is 0 Å². The Labute approximate surface area is 142 Å². The third-order valence-electron chi connectivity index (χ3n) is 3.30. The van der Waals surface area contributed by atoms with Crippen LogP contribution >= 0.6 is 22.9 Å². The second-order valence-corrected chi connectivity index (χ2v) is 6.61. The van der Waals surface area contributed by atoms with Crippen molar-refractivity contribution in [3.8, 4) is 5.69 Å². The van der Waals surface area contributed by atoms with Crippen molar-refractivity contribution in [2.45, 2.75) is 19.8 Å². The predicted octanol–water partition coefficient (Wildman–Crippen LogP) is 4.36. The zero-order chi connectivity index (χ0) is 16.4. The van der Waals surface area contributed by atoms with E-state index in [1.165, 1.54) is 11.3 Å². The van der Waals surface area contributed by atoms with E-state index in [4.69, 9.17) is 11.6 Å². The summed E-state index contributed by atoms with van der Waals surface area (Å²) >= 11 is 7.44. The zero-order valence-corrected chi connectivity index (χ0v) is 14.2. The Morgan fingerprint density at radius 2 is 2.22 bits per heavy atom. The van der Waals surface area contributed by atoms with Crippen molar-refractivity contribution in [3.63, 3.8) is 0 Å². The fourth-order valence-corrected chi connectivity index (χ4v) is 3.06. The topological polar surface area (TPSA) is 59.8 Å². The summed E-state index contributed by atoms with van der Waals surface area (Å²) in [7, 11) is 0. The third kappa shape index (κ3) is 3.28. The van der Waals surface area contributed by atoms with E-state index < -0.39 is 0 Å². The number of carbonyl (C=O) groups excluding carboxylic acids is 1. The molecule has 0 saturated heterocycles. The number of benzene rings is 1. The van der Waals surface area contributed by atoms with Crippen molar-refractivity contribution in [3.05, 3.63) is 58.3 Å². The summed E-state index contributed by atoms with van der Waals surface area (Å²) in [5, 5.41) is 10.2. The van der Waals surface area contributed by atoms with Crippen LogP contribution in [0.1, 0.15) is 35.8 Å². The Balaban J connectivity index is 2.00. The van der Waals surface area contributed by atoms with Gasteiger partial charge in [-0.2, -0.15) is 5.10 Å². The van der Waals surface area contributed by atoms with Crippen LogP contribution in [0.2, 0.25) is 5.02 Å². The number of nitrogens with one attached hydrogen (secondary N) is 1. The number of carbonyl (C=O) groups is 1. The molecule has 0 spiro atoms. The van der Waals surface area contributed by atoms with Crippen LogP contribution in [0.15, 0.2) is 42.0 Å². The van der Waals surface area contributed by atoms with Crippen molar-refractivity contribution >= 4 is 34.0 Å². The first kappa shape index (κ1) is 15.7. The number of hydrogen-bond donors (Lipinski definition) is 1. The highest BCUT2D eigenvalue weighted by atomic mass is 35.5. The Hall–Kier alpha value is -2.18. The molecule has 0 aliphatic rings. The number of nitrogens with zero attached hydrogens (tertiary/aromatic N) is 3. The number of thiazole rings is 1. The normalized spacial score (nSPS) is 11.0. The molecule has 1 aromatic carbocycles. The molecule has 2 aromatic heterocycles. The van der Waals surface area contributed by atoms with E-state index in [1.807, 2.05) is 37.4 Å². The fraction of sp³-hybridized carbons (Fsp3) is 0.188. The minimum Gasteiger partial charge on any atom is -0.298 e. The van der Waals surface area contributed by atoms with Crippen LogP contribution in [0.4, 0.5) is 5.13 Å². The van der Waals surface area contributed by atoms with E-state index in [0.29, 0.717) is 15.7 Å². The number of hydrogen-bond acceptors (Lipinski definition) is 4. The van der Waals surface area contributed by atoms with Gasteiger partial charge in [-0.05, 0) is 24.1 Å². The highest BCUT2D eigenvalue weighted by molar-refractivity contribution is 7.13. The summed E-state index contributed by atoms with van der Waals surface area (Å²) in [6.07, 6.45) is 3.23. The predicted molar refractivity (Wildman–Crippen MR) is 92.7 cm³/mol. The van der Waals surface area contributed by atoms with Crippen LogP contribution in [-0.2, 0) is 0 Å². The molecule has 0 radical (unpaired) electrons. The number of anilines is 1. The minimum atomic E-state index is -0.211.